The highest BCUT2D eigenvalue weighted by atomic mass is 16.3. The molecule has 4 nitrogen and oxygen atoms in total. The van der Waals surface area contributed by atoms with Gasteiger partial charge in [0.05, 0.1) is 30.4 Å². The fourth-order valence-corrected chi connectivity index (χ4v) is 4.29. The highest BCUT2D eigenvalue weighted by molar-refractivity contribution is 5.69. The van der Waals surface area contributed by atoms with E-state index in [-0.39, 0.29) is 12.0 Å². The number of rotatable bonds is 1. The molecule has 5 rings (SSSR count). The first-order chi connectivity index (χ1) is 11.3. The Morgan fingerprint density at radius 1 is 1.04 bits per heavy atom. The molecule has 2 aromatic heterocycles. The summed E-state index contributed by atoms with van der Waals surface area (Å²) in [5, 5.41) is 11.0. The Labute approximate surface area is 134 Å². The lowest BCUT2D eigenvalue weighted by molar-refractivity contribution is 0.0718. The van der Waals surface area contributed by atoms with Crippen LogP contribution in [0.25, 0.3) is 11.3 Å². The van der Waals surface area contributed by atoms with Crippen molar-refractivity contribution in [1.29, 1.82) is 0 Å². The van der Waals surface area contributed by atoms with Crippen molar-refractivity contribution in [3.63, 3.8) is 0 Å². The Hall–Kier alpha value is -2.46. The number of pyridine rings is 1. The highest BCUT2D eigenvalue weighted by Gasteiger charge is 2.40. The summed E-state index contributed by atoms with van der Waals surface area (Å²) in [7, 11) is 0. The molecule has 3 heterocycles. The molecule has 0 saturated heterocycles. The summed E-state index contributed by atoms with van der Waals surface area (Å²) >= 11 is 0. The van der Waals surface area contributed by atoms with Crippen LogP contribution in [0.4, 0.5) is 0 Å². The SMILES string of the molecule is O[C@H]1c2ccncc2CC[C@@H]1[C@H]1c2ccccc2-c2cncn21. The maximum absolute atomic E-state index is 11.0. The predicted molar refractivity (Wildman–Crippen MR) is 86.8 cm³/mol. The van der Waals surface area contributed by atoms with Crippen molar-refractivity contribution in [3.05, 3.63) is 71.9 Å². The number of aliphatic hydroxyl groups excluding tert-OH is 1. The number of aryl methyl sites for hydroxylation is 1. The number of imidazole rings is 1. The molecule has 1 aliphatic heterocycles. The maximum atomic E-state index is 11.0. The van der Waals surface area contributed by atoms with Gasteiger partial charge in [-0.05, 0) is 35.6 Å². The number of aliphatic hydroxyl groups is 1. The maximum Gasteiger partial charge on any atom is 0.0956 e. The van der Waals surface area contributed by atoms with Gasteiger partial charge in [0.25, 0.3) is 0 Å². The lowest BCUT2D eigenvalue weighted by atomic mass is 9.76. The van der Waals surface area contributed by atoms with Crippen molar-refractivity contribution in [3.8, 4) is 11.3 Å². The van der Waals surface area contributed by atoms with Gasteiger partial charge in [0, 0.05) is 23.9 Å². The molecular formula is C19H17N3O. The molecule has 1 aliphatic carbocycles. The number of nitrogens with zero attached hydrogens (tertiary/aromatic N) is 3. The minimum atomic E-state index is -0.465. The summed E-state index contributed by atoms with van der Waals surface area (Å²) in [4.78, 5) is 8.52. The average Bonchev–Trinajstić information content (AvgIpc) is 3.17. The van der Waals surface area contributed by atoms with Crippen LogP contribution in [0.5, 0.6) is 0 Å². The van der Waals surface area contributed by atoms with E-state index in [2.05, 4.69) is 38.8 Å². The Kier molecular flexibility index (Phi) is 2.70. The van der Waals surface area contributed by atoms with Crippen LogP contribution in [0.1, 0.15) is 35.3 Å². The number of hydrogen-bond donors (Lipinski definition) is 1. The zero-order valence-electron chi connectivity index (χ0n) is 12.6. The van der Waals surface area contributed by atoms with Gasteiger partial charge in [-0.1, -0.05) is 24.3 Å². The summed E-state index contributed by atoms with van der Waals surface area (Å²) < 4.78 is 2.23. The van der Waals surface area contributed by atoms with E-state index in [0.29, 0.717) is 0 Å². The summed E-state index contributed by atoms with van der Waals surface area (Å²) in [5.74, 6) is 0.154. The first-order valence-corrected chi connectivity index (χ1v) is 8.06. The van der Waals surface area contributed by atoms with Gasteiger partial charge in [0.1, 0.15) is 0 Å². The smallest absolute Gasteiger partial charge is 0.0956 e. The highest BCUT2D eigenvalue weighted by Crippen LogP contribution is 2.49. The second kappa shape index (κ2) is 4.77. The molecule has 4 heteroatoms. The summed E-state index contributed by atoms with van der Waals surface area (Å²) in [6.45, 7) is 0. The molecule has 0 unspecified atom stereocenters. The van der Waals surface area contributed by atoms with Gasteiger partial charge in [-0.25, -0.2) is 4.98 Å². The van der Waals surface area contributed by atoms with E-state index in [1.165, 1.54) is 16.7 Å². The Balaban J connectivity index is 1.64. The zero-order chi connectivity index (χ0) is 15.4. The molecular weight excluding hydrogens is 286 g/mol. The molecule has 114 valence electrons. The van der Waals surface area contributed by atoms with Crippen molar-refractivity contribution >= 4 is 0 Å². The van der Waals surface area contributed by atoms with Crippen LogP contribution in [-0.2, 0) is 6.42 Å². The molecule has 1 N–H and O–H groups in total. The molecule has 23 heavy (non-hydrogen) atoms. The van der Waals surface area contributed by atoms with E-state index < -0.39 is 6.10 Å². The fourth-order valence-electron chi connectivity index (χ4n) is 4.29. The van der Waals surface area contributed by atoms with Crippen molar-refractivity contribution in [2.75, 3.05) is 0 Å². The van der Waals surface area contributed by atoms with Gasteiger partial charge in [-0.3, -0.25) is 4.98 Å². The van der Waals surface area contributed by atoms with Crippen LogP contribution < -0.4 is 0 Å². The lowest BCUT2D eigenvalue weighted by Gasteiger charge is -2.35. The van der Waals surface area contributed by atoms with Crippen LogP contribution >= 0.6 is 0 Å². The minimum absolute atomic E-state index is 0.153. The summed E-state index contributed by atoms with van der Waals surface area (Å²) in [5.41, 5.74) is 5.89. The van der Waals surface area contributed by atoms with Crippen LogP contribution in [-0.4, -0.2) is 19.6 Å². The normalized spacial score (nSPS) is 24.8. The molecule has 0 bridgehead atoms. The zero-order valence-corrected chi connectivity index (χ0v) is 12.6. The molecule has 0 saturated carbocycles. The fraction of sp³-hybridized carbons (Fsp3) is 0.263. The Morgan fingerprint density at radius 3 is 2.91 bits per heavy atom. The number of fused-ring (bicyclic) bond motifs is 4. The van der Waals surface area contributed by atoms with Gasteiger partial charge in [-0.15, -0.1) is 0 Å². The monoisotopic (exact) mass is 303 g/mol. The number of hydrogen-bond acceptors (Lipinski definition) is 3. The minimum Gasteiger partial charge on any atom is -0.388 e. The van der Waals surface area contributed by atoms with Gasteiger partial charge in [0.2, 0.25) is 0 Å². The molecule has 0 spiro atoms. The Bertz CT molecular complexity index is 886. The largest absolute Gasteiger partial charge is 0.388 e. The van der Waals surface area contributed by atoms with Crippen LogP contribution in [0, 0.1) is 5.92 Å². The summed E-state index contributed by atoms with van der Waals surface area (Å²) in [6, 6.07) is 10.6. The molecule has 1 aromatic carbocycles. The molecule has 0 amide bonds. The van der Waals surface area contributed by atoms with E-state index in [0.717, 1.165) is 24.1 Å². The first kappa shape index (κ1) is 13.0. The van der Waals surface area contributed by atoms with Gasteiger partial charge in [-0.2, -0.15) is 0 Å². The van der Waals surface area contributed by atoms with Gasteiger partial charge >= 0.3 is 0 Å². The van der Waals surface area contributed by atoms with E-state index in [1.54, 1.807) is 6.20 Å². The van der Waals surface area contributed by atoms with Crippen molar-refractivity contribution < 1.29 is 5.11 Å². The lowest BCUT2D eigenvalue weighted by Crippen LogP contribution is -2.28. The third kappa shape index (κ3) is 1.75. The van der Waals surface area contributed by atoms with E-state index in [1.807, 2.05) is 24.8 Å². The summed E-state index contributed by atoms with van der Waals surface area (Å²) in [6.07, 6.45) is 8.94. The van der Waals surface area contributed by atoms with Crippen molar-refractivity contribution in [2.24, 2.45) is 5.92 Å². The molecule has 0 radical (unpaired) electrons. The van der Waals surface area contributed by atoms with Crippen molar-refractivity contribution in [2.45, 2.75) is 25.0 Å². The second-order valence-corrected chi connectivity index (χ2v) is 6.44. The Morgan fingerprint density at radius 2 is 1.96 bits per heavy atom. The van der Waals surface area contributed by atoms with Crippen LogP contribution in [0.2, 0.25) is 0 Å². The second-order valence-electron chi connectivity index (χ2n) is 6.44. The predicted octanol–water partition coefficient (Wildman–Crippen LogP) is 3.14. The quantitative estimate of drug-likeness (QED) is 0.751. The van der Waals surface area contributed by atoms with Crippen LogP contribution in [0.3, 0.4) is 0 Å². The standard InChI is InChI=1S/C19H17N3O/c23-19-13-7-8-20-9-12(13)5-6-16(19)18-15-4-2-1-3-14(15)17-10-21-11-22(17)18/h1-4,7-11,16,18-19,23H,5-6H2/t16-,18-,19+/m1/s1. The van der Waals surface area contributed by atoms with Gasteiger partial charge in [0.15, 0.2) is 0 Å². The van der Waals surface area contributed by atoms with E-state index in [9.17, 15) is 5.11 Å². The van der Waals surface area contributed by atoms with E-state index >= 15 is 0 Å². The topological polar surface area (TPSA) is 50.9 Å². The third-order valence-electron chi connectivity index (χ3n) is 5.34. The molecule has 2 aliphatic rings. The third-order valence-corrected chi connectivity index (χ3v) is 5.34. The first-order valence-electron chi connectivity index (χ1n) is 8.06. The molecule has 0 fully saturated rings. The van der Waals surface area contributed by atoms with E-state index in [4.69, 9.17) is 0 Å². The molecule has 3 atom stereocenters. The van der Waals surface area contributed by atoms with Crippen molar-refractivity contribution in [1.82, 2.24) is 14.5 Å². The molecule has 3 aromatic rings. The number of benzene rings is 1. The average molecular weight is 303 g/mol. The van der Waals surface area contributed by atoms with Crippen LogP contribution in [0.15, 0.2) is 55.2 Å². The van der Waals surface area contributed by atoms with Gasteiger partial charge < -0.3 is 9.67 Å². The number of aromatic nitrogens is 3.